The zero-order chi connectivity index (χ0) is 12.3. The van der Waals surface area contributed by atoms with Crippen LogP contribution in [0.3, 0.4) is 0 Å². The highest BCUT2D eigenvalue weighted by molar-refractivity contribution is 7.85. The summed E-state index contributed by atoms with van der Waals surface area (Å²) in [6, 6.07) is 5.06. The van der Waals surface area contributed by atoms with E-state index in [0.717, 1.165) is 0 Å². The second-order valence-electron chi connectivity index (χ2n) is 3.48. The van der Waals surface area contributed by atoms with E-state index in [2.05, 4.69) is 0 Å². The molecule has 0 radical (unpaired) electrons. The van der Waals surface area contributed by atoms with Gasteiger partial charge in [-0.2, -0.15) is 0 Å². The Kier molecular flexibility index (Phi) is 3.39. The van der Waals surface area contributed by atoms with E-state index in [1.165, 1.54) is 0 Å². The lowest BCUT2D eigenvalue weighted by atomic mass is 10.3. The summed E-state index contributed by atoms with van der Waals surface area (Å²) in [5, 5.41) is 0. The molecular formula is C10H11O6S-. The van der Waals surface area contributed by atoms with Crippen LogP contribution >= 0.6 is 0 Å². The van der Waals surface area contributed by atoms with Crippen molar-refractivity contribution in [3.05, 3.63) is 18.2 Å². The highest BCUT2D eigenvalue weighted by atomic mass is 32.2. The maximum absolute atomic E-state index is 10.3. The van der Waals surface area contributed by atoms with Gasteiger partial charge in [0.25, 0.3) is 0 Å². The van der Waals surface area contributed by atoms with Gasteiger partial charge < -0.3 is 18.8 Å². The first-order chi connectivity index (χ1) is 8.04. The predicted molar refractivity (Wildman–Crippen MR) is 57.2 cm³/mol. The second-order valence-corrected chi connectivity index (χ2v) is 5.00. The monoisotopic (exact) mass is 259 g/mol. The zero-order valence-corrected chi connectivity index (χ0v) is 9.73. The van der Waals surface area contributed by atoms with Crippen LogP contribution in [0, 0.1) is 0 Å². The third-order valence-corrected chi connectivity index (χ3v) is 2.94. The number of benzene rings is 1. The van der Waals surface area contributed by atoms with Crippen LogP contribution in [0.15, 0.2) is 18.2 Å². The van der Waals surface area contributed by atoms with E-state index in [9.17, 15) is 13.0 Å². The maximum atomic E-state index is 10.3. The molecule has 1 aromatic rings. The number of rotatable bonds is 5. The van der Waals surface area contributed by atoms with Crippen LogP contribution in [0.5, 0.6) is 17.2 Å². The van der Waals surface area contributed by atoms with Crippen LogP contribution in [-0.2, 0) is 10.1 Å². The minimum atomic E-state index is -4.16. The molecule has 0 bridgehead atoms. The van der Waals surface area contributed by atoms with Crippen molar-refractivity contribution in [2.24, 2.45) is 0 Å². The lowest BCUT2D eigenvalue weighted by Crippen LogP contribution is -2.08. The summed E-state index contributed by atoms with van der Waals surface area (Å²) in [6.07, 6.45) is 0.167. The van der Waals surface area contributed by atoms with Crippen molar-refractivity contribution >= 4 is 10.1 Å². The summed E-state index contributed by atoms with van der Waals surface area (Å²) >= 11 is 0. The van der Waals surface area contributed by atoms with E-state index in [1.54, 1.807) is 18.2 Å². The molecule has 6 nitrogen and oxygen atoms in total. The molecule has 0 spiro atoms. The first-order valence-electron chi connectivity index (χ1n) is 5.01. The maximum Gasteiger partial charge on any atom is 0.231 e. The Bertz CT molecular complexity index is 496. The van der Waals surface area contributed by atoms with Crippen molar-refractivity contribution in [1.82, 2.24) is 0 Å². The third-order valence-electron chi connectivity index (χ3n) is 2.15. The summed E-state index contributed by atoms with van der Waals surface area (Å²) in [6.45, 7) is 0.355. The van der Waals surface area contributed by atoms with Crippen molar-refractivity contribution in [2.45, 2.75) is 6.42 Å². The molecule has 0 amide bonds. The number of ether oxygens (including phenoxy) is 3. The average Bonchev–Trinajstić information content (AvgIpc) is 2.70. The van der Waals surface area contributed by atoms with Crippen molar-refractivity contribution in [1.29, 1.82) is 0 Å². The van der Waals surface area contributed by atoms with Crippen molar-refractivity contribution in [3.8, 4) is 17.2 Å². The van der Waals surface area contributed by atoms with Crippen molar-refractivity contribution in [2.75, 3.05) is 19.2 Å². The minimum absolute atomic E-state index is 0.167. The standard InChI is InChI=1S/C10H12O6S/c11-17(12,13)5-1-4-14-8-2-3-9-10(6-8)16-7-15-9/h2-3,6H,1,4-5,7H2,(H,11,12,13)/p-1. The Morgan fingerprint density at radius 1 is 1.29 bits per heavy atom. The molecule has 0 N–H and O–H groups in total. The number of hydrogen-bond donors (Lipinski definition) is 0. The summed E-state index contributed by atoms with van der Waals surface area (Å²) in [4.78, 5) is 0. The molecular weight excluding hydrogens is 248 g/mol. The van der Waals surface area contributed by atoms with Crippen LogP contribution in [0.25, 0.3) is 0 Å². The van der Waals surface area contributed by atoms with Gasteiger partial charge in [-0.1, -0.05) is 0 Å². The van der Waals surface area contributed by atoms with Crippen LogP contribution in [0.4, 0.5) is 0 Å². The summed E-state index contributed by atoms with van der Waals surface area (Å²) in [5.41, 5.74) is 0. The first-order valence-corrected chi connectivity index (χ1v) is 6.58. The van der Waals surface area contributed by atoms with E-state index in [4.69, 9.17) is 14.2 Å². The predicted octanol–water partition coefficient (Wildman–Crippen LogP) is 0.729. The van der Waals surface area contributed by atoms with Gasteiger partial charge in [-0.15, -0.1) is 0 Å². The van der Waals surface area contributed by atoms with E-state index >= 15 is 0 Å². The summed E-state index contributed by atoms with van der Waals surface area (Å²) in [7, 11) is -4.16. The SMILES string of the molecule is O=S(=O)([O-])CCCOc1ccc2c(c1)OCO2. The fourth-order valence-corrected chi connectivity index (χ4v) is 1.86. The van der Waals surface area contributed by atoms with Gasteiger partial charge in [-0.25, -0.2) is 8.42 Å². The third kappa shape index (κ3) is 3.50. The van der Waals surface area contributed by atoms with E-state index < -0.39 is 15.9 Å². The molecule has 0 aromatic heterocycles. The molecule has 0 atom stereocenters. The topological polar surface area (TPSA) is 84.9 Å². The van der Waals surface area contributed by atoms with Gasteiger partial charge in [0.1, 0.15) is 5.75 Å². The van der Waals surface area contributed by atoms with Crippen LogP contribution in [-0.4, -0.2) is 32.1 Å². The molecule has 1 aliphatic rings. The molecule has 1 aliphatic heterocycles. The molecule has 17 heavy (non-hydrogen) atoms. The van der Waals surface area contributed by atoms with Crippen molar-refractivity contribution < 1.29 is 27.2 Å². The van der Waals surface area contributed by atoms with Crippen LogP contribution in [0.1, 0.15) is 6.42 Å². The highest BCUT2D eigenvalue weighted by Gasteiger charge is 2.13. The van der Waals surface area contributed by atoms with Gasteiger partial charge >= 0.3 is 0 Å². The molecule has 0 fully saturated rings. The van der Waals surface area contributed by atoms with E-state index in [-0.39, 0.29) is 19.8 Å². The van der Waals surface area contributed by atoms with Crippen LogP contribution in [0.2, 0.25) is 0 Å². The Hall–Kier alpha value is -1.47. The van der Waals surface area contributed by atoms with Gasteiger partial charge in [-0.3, -0.25) is 0 Å². The molecule has 0 saturated carbocycles. The van der Waals surface area contributed by atoms with Gasteiger partial charge in [0, 0.05) is 11.8 Å². The fraction of sp³-hybridized carbons (Fsp3) is 0.400. The minimum Gasteiger partial charge on any atom is -0.748 e. The first kappa shape index (κ1) is 12.0. The quantitative estimate of drug-likeness (QED) is 0.572. The van der Waals surface area contributed by atoms with Gasteiger partial charge in [0.2, 0.25) is 6.79 Å². The summed E-state index contributed by atoms with van der Waals surface area (Å²) < 4.78 is 46.6. The Morgan fingerprint density at radius 3 is 2.82 bits per heavy atom. The normalized spacial score (nSPS) is 13.7. The average molecular weight is 259 g/mol. The Labute approximate surface area is 98.9 Å². The smallest absolute Gasteiger partial charge is 0.231 e. The molecule has 0 saturated heterocycles. The second kappa shape index (κ2) is 4.80. The molecule has 94 valence electrons. The molecule has 7 heteroatoms. The Balaban J connectivity index is 1.84. The van der Waals surface area contributed by atoms with Gasteiger partial charge in [-0.05, 0) is 18.6 Å². The lowest BCUT2D eigenvalue weighted by molar-refractivity contribution is 0.173. The van der Waals surface area contributed by atoms with Gasteiger partial charge in [0.15, 0.2) is 11.5 Å². The van der Waals surface area contributed by atoms with Gasteiger partial charge in [0.05, 0.1) is 16.7 Å². The lowest BCUT2D eigenvalue weighted by Gasteiger charge is -2.08. The van der Waals surface area contributed by atoms with Crippen LogP contribution < -0.4 is 14.2 Å². The largest absolute Gasteiger partial charge is 0.748 e. The highest BCUT2D eigenvalue weighted by Crippen LogP contribution is 2.35. The summed E-state index contributed by atoms with van der Waals surface area (Å²) in [5.74, 6) is 1.38. The molecule has 0 unspecified atom stereocenters. The van der Waals surface area contributed by atoms with E-state index in [1.807, 2.05) is 0 Å². The number of hydrogen-bond acceptors (Lipinski definition) is 6. The van der Waals surface area contributed by atoms with E-state index in [0.29, 0.717) is 17.2 Å². The Morgan fingerprint density at radius 2 is 2.06 bits per heavy atom. The fourth-order valence-electron chi connectivity index (χ4n) is 1.39. The molecule has 2 rings (SSSR count). The molecule has 0 aliphatic carbocycles. The van der Waals surface area contributed by atoms with Crippen molar-refractivity contribution in [3.63, 3.8) is 0 Å². The molecule has 1 heterocycles. The number of fused-ring (bicyclic) bond motifs is 1. The molecule has 1 aromatic carbocycles. The zero-order valence-electron chi connectivity index (χ0n) is 8.92.